The van der Waals surface area contributed by atoms with E-state index in [9.17, 15) is 15.0 Å². The monoisotopic (exact) mass is 652 g/mol. The Bertz CT molecular complexity index is 1220. The second kappa shape index (κ2) is 15.7. The van der Waals surface area contributed by atoms with E-state index in [1.54, 1.807) is 0 Å². The first-order valence-corrected chi connectivity index (χ1v) is 18.2. The topological polar surface area (TPSA) is 97.8 Å². The molecule has 0 aromatic rings. The number of aliphatic hydroxyl groups is 2. The summed E-state index contributed by atoms with van der Waals surface area (Å²) in [5, 5.41) is 24.3. The summed E-state index contributed by atoms with van der Waals surface area (Å²) in [6.45, 7) is 14.8. The highest BCUT2D eigenvalue weighted by molar-refractivity contribution is 5.36. The highest BCUT2D eigenvalue weighted by Crippen LogP contribution is 2.56. The molecule has 1 saturated carbocycles. The molecule has 1 saturated heterocycles. The fourth-order valence-corrected chi connectivity index (χ4v) is 9.00. The summed E-state index contributed by atoms with van der Waals surface area (Å²) in [6.07, 6.45) is 23.2. The Morgan fingerprint density at radius 1 is 1.09 bits per heavy atom. The van der Waals surface area contributed by atoms with Crippen molar-refractivity contribution in [3.8, 4) is 0 Å². The van der Waals surface area contributed by atoms with Crippen LogP contribution in [0.4, 0.5) is 0 Å². The summed E-state index contributed by atoms with van der Waals surface area (Å²) in [5.74, 6) is 0.365. The molecule has 5 aliphatic rings. The van der Waals surface area contributed by atoms with Crippen molar-refractivity contribution in [3.05, 3.63) is 59.8 Å². The summed E-state index contributed by atoms with van der Waals surface area (Å²) in [6, 6.07) is 0. The van der Waals surface area contributed by atoms with Crippen LogP contribution in [0, 0.1) is 16.7 Å². The second-order valence-electron chi connectivity index (χ2n) is 15.5. The smallest absolute Gasteiger partial charge is 0.293 e. The minimum atomic E-state index is -0.955. The van der Waals surface area contributed by atoms with Crippen LogP contribution >= 0.6 is 0 Å². The van der Waals surface area contributed by atoms with E-state index in [1.807, 2.05) is 0 Å². The van der Waals surface area contributed by atoms with Crippen LogP contribution in [-0.2, 0) is 23.7 Å². The summed E-state index contributed by atoms with van der Waals surface area (Å²) in [4.78, 5) is 10.6. The third-order valence-electron chi connectivity index (χ3n) is 12.2. The van der Waals surface area contributed by atoms with Gasteiger partial charge in [0.25, 0.3) is 6.47 Å². The molecule has 0 amide bonds. The molecule has 1 spiro atoms. The number of hydrogen-bond acceptors (Lipinski definition) is 7. The zero-order chi connectivity index (χ0) is 33.7. The Morgan fingerprint density at radius 2 is 1.87 bits per heavy atom. The molecule has 2 fully saturated rings. The zero-order valence-corrected chi connectivity index (χ0v) is 29.3. The molecule has 4 aliphatic heterocycles. The summed E-state index contributed by atoms with van der Waals surface area (Å²) in [7, 11) is 0. The fraction of sp³-hybridized carbons (Fsp3) is 0.725. The first-order valence-electron chi connectivity index (χ1n) is 18.2. The van der Waals surface area contributed by atoms with Crippen molar-refractivity contribution < 1.29 is 34.0 Å². The van der Waals surface area contributed by atoms with Crippen LogP contribution in [0.2, 0.25) is 0 Å². The maximum Gasteiger partial charge on any atom is 0.293 e. The van der Waals surface area contributed by atoms with E-state index in [0.29, 0.717) is 32.0 Å². The van der Waals surface area contributed by atoms with Crippen molar-refractivity contribution in [2.24, 2.45) is 16.7 Å². The van der Waals surface area contributed by atoms with Gasteiger partial charge < -0.3 is 29.2 Å². The normalized spacial score (nSPS) is 42.1. The highest BCUT2D eigenvalue weighted by Gasteiger charge is 2.54. The highest BCUT2D eigenvalue weighted by atomic mass is 16.6. The van der Waals surface area contributed by atoms with Crippen molar-refractivity contribution in [1.29, 1.82) is 0 Å². The number of fused-ring (bicyclic) bond motifs is 2. The predicted octanol–water partition coefficient (Wildman–Crippen LogP) is 7.47. The largest absolute Gasteiger partial charge is 0.468 e. The van der Waals surface area contributed by atoms with Crippen molar-refractivity contribution in [2.45, 2.75) is 153 Å². The lowest BCUT2D eigenvalue weighted by Crippen LogP contribution is -2.44. The van der Waals surface area contributed by atoms with E-state index >= 15 is 0 Å². The van der Waals surface area contributed by atoms with Gasteiger partial charge in [-0.15, -0.1) is 0 Å². The molecule has 2 N–H and O–H groups in total. The molecule has 0 radical (unpaired) electrons. The molecule has 262 valence electrons. The first-order chi connectivity index (χ1) is 22.5. The maximum absolute atomic E-state index is 12.5. The van der Waals surface area contributed by atoms with Crippen LogP contribution in [0.25, 0.3) is 0 Å². The number of aliphatic hydroxyl groups excluding tert-OH is 1. The molecule has 0 aromatic carbocycles. The van der Waals surface area contributed by atoms with Gasteiger partial charge in [0.05, 0.1) is 49.3 Å². The average Bonchev–Trinajstić information content (AvgIpc) is 3.74. The minimum Gasteiger partial charge on any atom is -0.468 e. The van der Waals surface area contributed by atoms with E-state index in [0.717, 1.165) is 82.6 Å². The van der Waals surface area contributed by atoms with Gasteiger partial charge in [0.1, 0.15) is 6.10 Å². The summed E-state index contributed by atoms with van der Waals surface area (Å²) >= 11 is 0. The van der Waals surface area contributed by atoms with Crippen LogP contribution in [0.3, 0.4) is 0 Å². The van der Waals surface area contributed by atoms with E-state index in [4.69, 9.17) is 18.9 Å². The van der Waals surface area contributed by atoms with E-state index < -0.39 is 17.1 Å². The Labute approximate surface area is 283 Å². The van der Waals surface area contributed by atoms with Crippen LogP contribution in [0.5, 0.6) is 0 Å². The van der Waals surface area contributed by atoms with Crippen molar-refractivity contribution >= 4 is 6.47 Å². The van der Waals surface area contributed by atoms with Gasteiger partial charge >= 0.3 is 0 Å². The van der Waals surface area contributed by atoms with Crippen LogP contribution in [-0.4, -0.2) is 72.1 Å². The summed E-state index contributed by atoms with van der Waals surface area (Å²) in [5.41, 5.74) is 1.79. The maximum atomic E-state index is 12.5. The lowest BCUT2D eigenvalue weighted by atomic mass is 9.64. The Hall–Kier alpha value is -2.03. The Balaban J connectivity index is 1.40. The number of epoxide rings is 1. The number of carbonyl (C=O) groups is 1. The van der Waals surface area contributed by atoms with Gasteiger partial charge in [-0.25, -0.2) is 0 Å². The van der Waals surface area contributed by atoms with Crippen molar-refractivity contribution in [3.63, 3.8) is 0 Å². The number of ether oxygens (including phenoxy) is 4. The molecule has 10 atom stereocenters. The van der Waals surface area contributed by atoms with E-state index in [-0.39, 0.29) is 35.9 Å². The quantitative estimate of drug-likeness (QED) is 0.122. The zero-order valence-electron chi connectivity index (χ0n) is 29.3. The van der Waals surface area contributed by atoms with Gasteiger partial charge in [-0.3, -0.25) is 4.79 Å². The SMILES string of the molecule is C=C1C[C@H](C)C[C@@H]2CC=C[C@@H](C/C=C(\C)C3(CCCCC1(C)[C@H](O)[C@@H]1O[C@H]1CCOC=O)CCC[C@]3(O)/C=C/[C@@H]1CC(C)=CCO1)O2. The van der Waals surface area contributed by atoms with Crippen molar-refractivity contribution in [1.82, 2.24) is 0 Å². The first kappa shape index (κ1) is 36.3. The third kappa shape index (κ3) is 8.41. The van der Waals surface area contributed by atoms with Gasteiger partial charge in [0, 0.05) is 17.3 Å². The molecule has 7 heteroatoms. The van der Waals surface area contributed by atoms with Gasteiger partial charge in [-0.1, -0.05) is 86.4 Å². The fourth-order valence-electron chi connectivity index (χ4n) is 9.00. The molecule has 4 heterocycles. The number of hydrogen-bond donors (Lipinski definition) is 2. The molecule has 2 bridgehead atoms. The van der Waals surface area contributed by atoms with Gasteiger partial charge in [-0.05, 0) is 84.0 Å². The lowest BCUT2D eigenvalue weighted by molar-refractivity contribution is -0.128. The van der Waals surface area contributed by atoms with Crippen LogP contribution in [0.15, 0.2) is 59.8 Å². The van der Waals surface area contributed by atoms with Gasteiger partial charge in [0.15, 0.2) is 0 Å². The third-order valence-corrected chi connectivity index (χ3v) is 12.2. The van der Waals surface area contributed by atoms with Crippen molar-refractivity contribution in [2.75, 3.05) is 13.2 Å². The standard InChI is InChI=1S/C40H60O7/c1-28-15-23-45-33(25-28)14-21-40(43)20-9-19-39(40)18-7-6-17-38(5,37(42)36-35(47-36)16-22-44-27-41)31(4)24-29(2)26-34-11-8-10-32(46-34)13-12-30(39)3/h8,10,12,14-15,21,27,29,32-37,42-43H,4,6-7,9,11,13,16-20,22-26H2,1-3,5H3/b21-14+,30-12+/t29-,32-,33+,34-,35-,36+,37+,38?,39?,40-/m0/s1. The average molecular weight is 653 g/mol. The minimum absolute atomic E-state index is 0.0102. The predicted molar refractivity (Wildman–Crippen MR) is 185 cm³/mol. The number of carbonyl (C=O) groups excluding carboxylic acids is 1. The molecular formula is C40H60O7. The molecule has 5 rings (SSSR count). The van der Waals surface area contributed by atoms with Crippen LogP contribution < -0.4 is 0 Å². The molecule has 7 nitrogen and oxygen atoms in total. The number of rotatable bonds is 8. The van der Waals surface area contributed by atoms with Gasteiger partial charge in [0.2, 0.25) is 0 Å². The molecule has 1 aliphatic carbocycles. The van der Waals surface area contributed by atoms with Gasteiger partial charge in [-0.2, -0.15) is 0 Å². The molecule has 47 heavy (non-hydrogen) atoms. The summed E-state index contributed by atoms with van der Waals surface area (Å²) < 4.78 is 23.5. The molecule has 0 aromatic heterocycles. The van der Waals surface area contributed by atoms with E-state index in [2.05, 4.69) is 70.7 Å². The molecule has 2 unspecified atom stereocenters. The molecular weight excluding hydrogens is 592 g/mol. The van der Waals surface area contributed by atoms with Crippen LogP contribution in [0.1, 0.15) is 111 Å². The Morgan fingerprint density at radius 3 is 2.66 bits per heavy atom. The lowest BCUT2D eigenvalue weighted by Gasteiger charge is -2.43. The second-order valence-corrected chi connectivity index (χ2v) is 15.5. The Kier molecular flexibility index (Phi) is 12.1. The van der Waals surface area contributed by atoms with E-state index in [1.165, 1.54) is 11.1 Å².